The maximum Gasteiger partial charge on any atom is 0.119 e. The van der Waals surface area contributed by atoms with E-state index in [0.717, 1.165) is 25.5 Å². The molecule has 0 aliphatic rings. The van der Waals surface area contributed by atoms with Crippen LogP contribution in [0.1, 0.15) is 77.6 Å². The molecule has 0 unspecified atom stereocenters. The normalized spacial score (nSPS) is 11.6. The second kappa shape index (κ2) is 16.1. The monoisotopic (exact) mass is 250 g/mol. The number of hydrogen-bond donors (Lipinski definition) is 0. The molecule has 0 fully saturated rings. The predicted molar refractivity (Wildman–Crippen MR) is 80.8 cm³/mol. The molecule has 18 heavy (non-hydrogen) atoms. The lowest BCUT2D eigenvalue weighted by atomic mass is 10.1. The molecule has 0 N–H and O–H groups in total. The summed E-state index contributed by atoms with van der Waals surface area (Å²) in [6.07, 6.45) is 23.2. The molecule has 0 saturated carbocycles. The Balaban J connectivity index is 3.15. The van der Waals surface area contributed by atoms with Gasteiger partial charge in [-0.1, -0.05) is 56.9 Å². The van der Waals surface area contributed by atoms with E-state index in [4.69, 9.17) is 0 Å². The Morgan fingerprint density at radius 1 is 0.667 bits per heavy atom. The summed E-state index contributed by atoms with van der Waals surface area (Å²) in [4.78, 5) is 10.1. The summed E-state index contributed by atoms with van der Waals surface area (Å²) in [5.74, 6) is 0. The van der Waals surface area contributed by atoms with Crippen molar-refractivity contribution in [1.29, 1.82) is 0 Å². The quantitative estimate of drug-likeness (QED) is 0.236. The minimum absolute atomic E-state index is 0.735. The van der Waals surface area contributed by atoms with Gasteiger partial charge in [-0.2, -0.15) is 0 Å². The molecule has 0 heterocycles. The molecule has 0 aromatic heterocycles. The minimum Gasteiger partial charge on any atom is -0.303 e. The highest BCUT2D eigenvalue weighted by atomic mass is 16.1. The Labute approximate surface area is 113 Å². The highest BCUT2D eigenvalue weighted by Crippen LogP contribution is 2.05. The Kier molecular flexibility index (Phi) is 15.4. The molecular weight excluding hydrogens is 220 g/mol. The molecule has 0 aliphatic carbocycles. The number of aldehydes is 1. The zero-order valence-electron chi connectivity index (χ0n) is 12.1. The number of hydrogen-bond acceptors (Lipinski definition) is 1. The van der Waals surface area contributed by atoms with Gasteiger partial charge in [-0.15, -0.1) is 0 Å². The molecule has 1 nitrogen and oxygen atoms in total. The Hall–Kier alpha value is -0.850. The molecular formula is C17H30O. The van der Waals surface area contributed by atoms with E-state index >= 15 is 0 Å². The van der Waals surface area contributed by atoms with Gasteiger partial charge in [-0.3, -0.25) is 0 Å². The molecule has 0 radical (unpaired) electrons. The predicted octanol–water partition coefficient (Wildman–Crippen LogP) is 5.61. The van der Waals surface area contributed by atoms with E-state index in [1.165, 1.54) is 51.4 Å². The van der Waals surface area contributed by atoms with Gasteiger partial charge in [0, 0.05) is 6.42 Å². The number of unbranched alkanes of at least 4 members (excludes halogenated alkanes) is 8. The molecule has 0 atom stereocenters. The fourth-order valence-electron chi connectivity index (χ4n) is 1.86. The van der Waals surface area contributed by atoms with Gasteiger partial charge in [0.25, 0.3) is 0 Å². The first kappa shape index (κ1) is 17.2. The fraction of sp³-hybridized carbons (Fsp3) is 0.706. The smallest absolute Gasteiger partial charge is 0.119 e. The van der Waals surface area contributed by atoms with E-state index in [1.807, 2.05) is 0 Å². The topological polar surface area (TPSA) is 17.1 Å². The number of allylic oxidation sites excluding steroid dienone is 4. The van der Waals surface area contributed by atoms with Crippen molar-refractivity contribution in [2.45, 2.75) is 77.6 Å². The lowest BCUT2D eigenvalue weighted by Gasteiger charge is -1.95. The molecule has 0 aromatic carbocycles. The zero-order chi connectivity index (χ0) is 13.3. The first-order valence-electron chi connectivity index (χ1n) is 7.65. The SMILES string of the molecule is CCCCCC=CCC=CCCCCCCC=O. The van der Waals surface area contributed by atoms with Gasteiger partial charge >= 0.3 is 0 Å². The summed E-state index contributed by atoms with van der Waals surface area (Å²) in [5.41, 5.74) is 0. The van der Waals surface area contributed by atoms with Crippen LogP contribution in [0.5, 0.6) is 0 Å². The number of carbonyl (C=O) groups is 1. The number of carbonyl (C=O) groups excluding carboxylic acids is 1. The van der Waals surface area contributed by atoms with Crippen LogP contribution in [0.25, 0.3) is 0 Å². The molecule has 0 saturated heterocycles. The van der Waals surface area contributed by atoms with E-state index in [-0.39, 0.29) is 0 Å². The standard InChI is InChI=1S/C17H30O/c1-2-3-4-5-6-7-8-9-10-11-12-13-14-15-16-17-18/h6-7,9-10,17H,2-5,8,11-16H2,1H3. The highest BCUT2D eigenvalue weighted by molar-refractivity contribution is 5.48. The van der Waals surface area contributed by atoms with Gasteiger partial charge < -0.3 is 4.79 Å². The van der Waals surface area contributed by atoms with Crippen molar-refractivity contribution in [3.8, 4) is 0 Å². The highest BCUT2D eigenvalue weighted by Gasteiger charge is 1.87. The third kappa shape index (κ3) is 15.1. The van der Waals surface area contributed by atoms with Crippen LogP contribution in [0.2, 0.25) is 0 Å². The van der Waals surface area contributed by atoms with Crippen molar-refractivity contribution < 1.29 is 4.79 Å². The van der Waals surface area contributed by atoms with E-state index in [0.29, 0.717) is 0 Å². The first-order chi connectivity index (χ1) is 8.91. The molecule has 0 spiro atoms. The van der Waals surface area contributed by atoms with Crippen molar-refractivity contribution in [2.75, 3.05) is 0 Å². The van der Waals surface area contributed by atoms with Crippen molar-refractivity contribution >= 4 is 6.29 Å². The summed E-state index contributed by atoms with van der Waals surface area (Å²) < 4.78 is 0. The third-order valence-corrected chi connectivity index (χ3v) is 3.02. The van der Waals surface area contributed by atoms with Crippen LogP contribution in [-0.4, -0.2) is 6.29 Å². The van der Waals surface area contributed by atoms with Crippen molar-refractivity contribution in [3.63, 3.8) is 0 Å². The largest absolute Gasteiger partial charge is 0.303 e. The van der Waals surface area contributed by atoms with Crippen molar-refractivity contribution in [2.24, 2.45) is 0 Å². The maximum atomic E-state index is 10.1. The Morgan fingerprint density at radius 3 is 1.78 bits per heavy atom. The van der Waals surface area contributed by atoms with E-state index in [9.17, 15) is 4.79 Å². The van der Waals surface area contributed by atoms with Crippen LogP contribution < -0.4 is 0 Å². The van der Waals surface area contributed by atoms with Crippen LogP contribution >= 0.6 is 0 Å². The van der Waals surface area contributed by atoms with Crippen LogP contribution in [0.4, 0.5) is 0 Å². The molecule has 1 heteroatoms. The van der Waals surface area contributed by atoms with E-state index in [1.54, 1.807) is 0 Å². The number of rotatable bonds is 13. The summed E-state index contributed by atoms with van der Waals surface area (Å²) >= 11 is 0. The molecule has 0 bridgehead atoms. The van der Waals surface area contributed by atoms with Crippen LogP contribution in [0.3, 0.4) is 0 Å². The van der Waals surface area contributed by atoms with Gasteiger partial charge in [0.15, 0.2) is 0 Å². The Morgan fingerprint density at radius 2 is 1.22 bits per heavy atom. The maximum absolute atomic E-state index is 10.1. The Bertz CT molecular complexity index is 216. The van der Waals surface area contributed by atoms with Crippen molar-refractivity contribution in [1.82, 2.24) is 0 Å². The summed E-state index contributed by atoms with van der Waals surface area (Å²) in [6, 6.07) is 0. The van der Waals surface area contributed by atoms with Gasteiger partial charge in [0.05, 0.1) is 0 Å². The minimum atomic E-state index is 0.735. The molecule has 0 amide bonds. The fourth-order valence-corrected chi connectivity index (χ4v) is 1.86. The van der Waals surface area contributed by atoms with E-state index < -0.39 is 0 Å². The molecule has 0 aliphatic heterocycles. The van der Waals surface area contributed by atoms with Crippen LogP contribution in [0.15, 0.2) is 24.3 Å². The second-order valence-electron chi connectivity index (χ2n) is 4.83. The van der Waals surface area contributed by atoms with Gasteiger partial charge in [-0.05, 0) is 38.5 Å². The zero-order valence-corrected chi connectivity index (χ0v) is 12.1. The van der Waals surface area contributed by atoms with Crippen molar-refractivity contribution in [3.05, 3.63) is 24.3 Å². The van der Waals surface area contributed by atoms with E-state index in [2.05, 4.69) is 31.2 Å². The third-order valence-electron chi connectivity index (χ3n) is 3.02. The summed E-state index contributed by atoms with van der Waals surface area (Å²) in [7, 11) is 0. The van der Waals surface area contributed by atoms with Crippen LogP contribution in [0, 0.1) is 0 Å². The summed E-state index contributed by atoms with van der Waals surface area (Å²) in [5, 5.41) is 0. The molecule has 0 rings (SSSR count). The lowest BCUT2D eigenvalue weighted by molar-refractivity contribution is -0.107. The second-order valence-corrected chi connectivity index (χ2v) is 4.83. The van der Waals surface area contributed by atoms with Gasteiger partial charge in [-0.25, -0.2) is 0 Å². The van der Waals surface area contributed by atoms with Gasteiger partial charge in [0.2, 0.25) is 0 Å². The average molecular weight is 250 g/mol. The average Bonchev–Trinajstić information content (AvgIpc) is 2.39. The first-order valence-corrected chi connectivity index (χ1v) is 7.65. The molecule has 104 valence electrons. The summed E-state index contributed by atoms with van der Waals surface area (Å²) in [6.45, 7) is 2.24. The van der Waals surface area contributed by atoms with Crippen LogP contribution in [-0.2, 0) is 4.79 Å². The lowest BCUT2D eigenvalue weighted by Crippen LogP contribution is -1.79. The molecule has 0 aromatic rings. The van der Waals surface area contributed by atoms with Gasteiger partial charge in [0.1, 0.15) is 6.29 Å².